The number of carboxylic acids is 1. The molecule has 124 valence electrons. The third kappa shape index (κ3) is 3.19. The molecule has 0 saturated heterocycles. The van der Waals surface area contributed by atoms with Crippen molar-refractivity contribution in [1.29, 1.82) is 0 Å². The van der Waals surface area contributed by atoms with Crippen LogP contribution in [0.3, 0.4) is 0 Å². The maximum absolute atomic E-state index is 12.8. The highest BCUT2D eigenvalue weighted by atomic mass is 16.5. The van der Waals surface area contributed by atoms with Crippen LogP contribution in [-0.4, -0.2) is 35.0 Å². The van der Waals surface area contributed by atoms with Gasteiger partial charge in [0.1, 0.15) is 5.75 Å². The molecule has 2 aliphatic rings. The van der Waals surface area contributed by atoms with Crippen LogP contribution in [0.25, 0.3) is 0 Å². The standard InChI is InChI=1S/C18H23NO4/c1-23-15-6-3-2-5-13(15)12-19(14-7-8-14)16(20)11-18(17(21)22)9-4-10-18/h2-3,5-6,14H,4,7-12H2,1H3,(H,21,22). The van der Waals surface area contributed by atoms with E-state index in [0.717, 1.165) is 30.6 Å². The van der Waals surface area contributed by atoms with Gasteiger partial charge in [-0.2, -0.15) is 0 Å². The Morgan fingerprint density at radius 3 is 2.52 bits per heavy atom. The minimum absolute atomic E-state index is 0.0412. The van der Waals surface area contributed by atoms with Gasteiger partial charge in [-0.1, -0.05) is 24.6 Å². The van der Waals surface area contributed by atoms with Crippen LogP contribution in [0, 0.1) is 5.41 Å². The number of carboxylic acid groups (broad SMARTS) is 1. The molecule has 5 nitrogen and oxygen atoms in total. The van der Waals surface area contributed by atoms with E-state index >= 15 is 0 Å². The molecule has 0 spiro atoms. The fraction of sp³-hybridized carbons (Fsp3) is 0.556. The number of rotatable bonds is 7. The van der Waals surface area contributed by atoms with Crippen molar-refractivity contribution in [2.75, 3.05) is 7.11 Å². The summed E-state index contributed by atoms with van der Waals surface area (Å²) in [4.78, 5) is 26.1. The van der Waals surface area contributed by atoms with Crippen LogP contribution in [0.4, 0.5) is 0 Å². The Bertz CT molecular complexity index is 605. The summed E-state index contributed by atoms with van der Waals surface area (Å²) in [5, 5.41) is 9.45. The van der Waals surface area contributed by atoms with Gasteiger partial charge in [0.25, 0.3) is 0 Å². The number of benzene rings is 1. The molecule has 0 aliphatic heterocycles. The lowest BCUT2D eigenvalue weighted by Gasteiger charge is -2.38. The van der Waals surface area contributed by atoms with Gasteiger partial charge < -0.3 is 14.7 Å². The van der Waals surface area contributed by atoms with E-state index in [1.165, 1.54) is 0 Å². The second-order valence-electron chi connectivity index (χ2n) is 6.68. The van der Waals surface area contributed by atoms with Crippen molar-refractivity contribution in [3.63, 3.8) is 0 Å². The molecule has 5 heteroatoms. The topological polar surface area (TPSA) is 66.8 Å². The first-order valence-electron chi connectivity index (χ1n) is 8.20. The molecule has 0 atom stereocenters. The van der Waals surface area contributed by atoms with E-state index in [1.54, 1.807) is 7.11 Å². The Hall–Kier alpha value is -2.04. The Labute approximate surface area is 136 Å². The second-order valence-corrected chi connectivity index (χ2v) is 6.68. The quantitative estimate of drug-likeness (QED) is 0.840. The third-order valence-corrected chi connectivity index (χ3v) is 5.10. The highest BCUT2D eigenvalue weighted by Crippen LogP contribution is 2.45. The highest BCUT2D eigenvalue weighted by molar-refractivity contribution is 5.86. The molecule has 0 heterocycles. The Morgan fingerprint density at radius 2 is 2.00 bits per heavy atom. The molecule has 1 N–H and O–H groups in total. The number of methoxy groups -OCH3 is 1. The van der Waals surface area contributed by atoms with Crippen LogP contribution >= 0.6 is 0 Å². The predicted octanol–water partition coefficient (Wildman–Crippen LogP) is 2.83. The van der Waals surface area contributed by atoms with Gasteiger partial charge >= 0.3 is 5.97 Å². The number of hydrogen-bond donors (Lipinski definition) is 1. The van der Waals surface area contributed by atoms with E-state index in [1.807, 2.05) is 29.2 Å². The zero-order valence-electron chi connectivity index (χ0n) is 13.5. The summed E-state index contributed by atoms with van der Waals surface area (Å²) < 4.78 is 5.37. The average Bonchev–Trinajstić information content (AvgIpc) is 3.32. The number of para-hydroxylation sites is 1. The number of amides is 1. The van der Waals surface area contributed by atoms with Gasteiger partial charge in [0.05, 0.1) is 12.5 Å². The average molecular weight is 317 g/mol. The van der Waals surface area contributed by atoms with Crippen molar-refractivity contribution >= 4 is 11.9 Å². The summed E-state index contributed by atoms with van der Waals surface area (Å²) >= 11 is 0. The number of hydrogen-bond acceptors (Lipinski definition) is 3. The second kappa shape index (κ2) is 6.22. The van der Waals surface area contributed by atoms with Crippen molar-refractivity contribution in [3.8, 4) is 5.75 Å². The number of aliphatic carboxylic acids is 1. The summed E-state index contributed by atoms with van der Waals surface area (Å²) in [5.41, 5.74) is 0.138. The Morgan fingerprint density at radius 1 is 1.30 bits per heavy atom. The summed E-state index contributed by atoms with van der Waals surface area (Å²) in [6.45, 7) is 0.489. The van der Waals surface area contributed by atoms with Gasteiger partial charge in [-0.3, -0.25) is 9.59 Å². The minimum atomic E-state index is -0.829. The zero-order valence-corrected chi connectivity index (χ0v) is 13.5. The lowest BCUT2D eigenvalue weighted by atomic mass is 9.66. The molecule has 1 aromatic carbocycles. The molecule has 2 aliphatic carbocycles. The lowest BCUT2D eigenvalue weighted by molar-refractivity contribution is -0.159. The largest absolute Gasteiger partial charge is 0.496 e. The van der Waals surface area contributed by atoms with Gasteiger partial charge in [-0.05, 0) is 31.7 Å². The van der Waals surface area contributed by atoms with Gasteiger partial charge in [0.2, 0.25) is 5.91 Å². The molecule has 2 saturated carbocycles. The van der Waals surface area contributed by atoms with Crippen LogP contribution in [0.2, 0.25) is 0 Å². The van der Waals surface area contributed by atoms with E-state index in [9.17, 15) is 14.7 Å². The number of ether oxygens (including phenoxy) is 1. The number of carbonyl (C=O) groups is 2. The van der Waals surface area contributed by atoms with E-state index in [0.29, 0.717) is 19.4 Å². The summed E-state index contributed by atoms with van der Waals surface area (Å²) in [5.74, 6) is -0.104. The molecule has 2 fully saturated rings. The first kappa shape index (κ1) is 15.8. The van der Waals surface area contributed by atoms with E-state index < -0.39 is 11.4 Å². The third-order valence-electron chi connectivity index (χ3n) is 5.10. The minimum Gasteiger partial charge on any atom is -0.496 e. The molecular formula is C18H23NO4. The Kier molecular flexibility index (Phi) is 4.28. The zero-order chi connectivity index (χ0) is 16.4. The first-order chi connectivity index (χ1) is 11.1. The molecule has 3 rings (SSSR count). The molecule has 23 heavy (non-hydrogen) atoms. The lowest BCUT2D eigenvalue weighted by Crippen LogP contribution is -2.44. The predicted molar refractivity (Wildman–Crippen MR) is 85.1 cm³/mol. The molecule has 0 radical (unpaired) electrons. The summed E-state index contributed by atoms with van der Waals surface area (Å²) in [6, 6.07) is 7.92. The van der Waals surface area contributed by atoms with Crippen molar-refractivity contribution < 1.29 is 19.4 Å². The number of carbonyl (C=O) groups excluding carboxylic acids is 1. The molecule has 0 bridgehead atoms. The molecular weight excluding hydrogens is 294 g/mol. The Balaban J connectivity index is 1.74. The van der Waals surface area contributed by atoms with Crippen molar-refractivity contribution in [2.24, 2.45) is 5.41 Å². The van der Waals surface area contributed by atoms with Gasteiger partial charge in [0.15, 0.2) is 0 Å². The fourth-order valence-corrected chi connectivity index (χ4v) is 3.29. The van der Waals surface area contributed by atoms with Crippen molar-refractivity contribution in [2.45, 2.75) is 51.1 Å². The van der Waals surface area contributed by atoms with E-state index in [-0.39, 0.29) is 18.4 Å². The molecule has 0 aromatic heterocycles. The molecule has 1 amide bonds. The number of nitrogens with zero attached hydrogens (tertiary/aromatic N) is 1. The van der Waals surface area contributed by atoms with Gasteiger partial charge in [0, 0.05) is 24.6 Å². The monoisotopic (exact) mass is 317 g/mol. The normalized spacial score (nSPS) is 18.8. The SMILES string of the molecule is COc1ccccc1CN(C(=O)CC1(C(=O)O)CCC1)C1CC1. The van der Waals surface area contributed by atoms with Crippen LogP contribution in [0.5, 0.6) is 5.75 Å². The van der Waals surface area contributed by atoms with Gasteiger partial charge in [-0.15, -0.1) is 0 Å². The smallest absolute Gasteiger partial charge is 0.310 e. The maximum atomic E-state index is 12.8. The van der Waals surface area contributed by atoms with Crippen LogP contribution in [-0.2, 0) is 16.1 Å². The van der Waals surface area contributed by atoms with Crippen molar-refractivity contribution in [3.05, 3.63) is 29.8 Å². The molecule has 1 aromatic rings. The van der Waals surface area contributed by atoms with E-state index in [4.69, 9.17) is 4.74 Å². The van der Waals surface area contributed by atoms with Crippen LogP contribution in [0.1, 0.15) is 44.1 Å². The van der Waals surface area contributed by atoms with Gasteiger partial charge in [-0.25, -0.2) is 0 Å². The van der Waals surface area contributed by atoms with Crippen molar-refractivity contribution in [1.82, 2.24) is 4.90 Å². The van der Waals surface area contributed by atoms with Crippen LogP contribution < -0.4 is 4.74 Å². The highest BCUT2D eigenvalue weighted by Gasteiger charge is 2.47. The fourth-order valence-electron chi connectivity index (χ4n) is 3.29. The maximum Gasteiger partial charge on any atom is 0.310 e. The molecule has 0 unspecified atom stereocenters. The first-order valence-corrected chi connectivity index (χ1v) is 8.20. The van der Waals surface area contributed by atoms with E-state index in [2.05, 4.69) is 0 Å². The summed E-state index contributed by atoms with van der Waals surface area (Å²) in [6.07, 6.45) is 4.24. The summed E-state index contributed by atoms with van der Waals surface area (Å²) in [7, 11) is 1.62. The van der Waals surface area contributed by atoms with Crippen LogP contribution in [0.15, 0.2) is 24.3 Å².